The van der Waals surface area contributed by atoms with Gasteiger partial charge in [-0.1, -0.05) is 77.9 Å². The van der Waals surface area contributed by atoms with Gasteiger partial charge < -0.3 is 4.74 Å². The summed E-state index contributed by atoms with van der Waals surface area (Å²) in [5, 5.41) is -0.499. The molecule has 0 aromatic heterocycles. The number of rotatable bonds is 10. The smallest absolute Gasteiger partial charge is 0.324 e. The van der Waals surface area contributed by atoms with E-state index in [4.69, 9.17) is 16.3 Å². The van der Waals surface area contributed by atoms with Crippen LogP contribution in [0, 0.1) is 34.5 Å². The molecule has 0 bridgehead atoms. The summed E-state index contributed by atoms with van der Waals surface area (Å²) in [6.07, 6.45) is 23.4. The maximum absolute atomic E-state index is 12.3. The lowest BCUT2D eigenvalue weighted by Gasteiger charge is -2.58. The number of hydrogen-bond donors (Lipinski definition) is 0. The molecule has 4 rings (SSSR count). The van der Waals surface area contributed by atoms with Crippen molar-refractivity contribution in [1.82, 2.24) is 0 Å². The number of unbranched alkanes of at least 4 members (excludes halogenated alkanes) is 5. The fourth-order valence-corrected chi connectivity index (χ4v) is 8.94. The van der Waals surface area contributed by atoms with Crippen molar-refractivity contribution in [3.05, 3.63) is 11.6 Å². The lowest BCUT2D eigenvalue weighted by molar-refractivity contribution is -0.151. The maximum Gasteiger partial charge on any atom is 0.324 e. The van der Waals surface area contributed by atoms with Gasteiger partial charge in [0.15, 0.2) is 0 Å². The molecule has 3 fully saturated rings. The predicted octanol–water partition coefficient (Wildman–Crippen LogP) is 9.25. The Morgan fingerprint density at radius 1 is 1.03 bits per heavy atom. The number of carbonyl (C=O) groups is 1. The number of ether oxygens (including phenoxy) is 1. The summed E-state index contributed by atoms with van der Waals surface area (Å²) >= 11 is 6.14. The summed E-state index contributed by atoms with van der Waals surface area (Å²) in [7, 11) is 0. The standard InChI is InChI=1S/C31H51ClO2/c1-5-7-8-9-10-11-12-22-14-16-26-25-15-13-23-21-24(34-29(33)28(32)6-2)17-19-31(23,4)27(25)18-20-30(22,26)3/h13,22,24-28H,5-12,14-21H2,1-4H3/t22-,24-,25-,26-,27-,28-,30+,31-/m0/s1. The molecule has 0 aliphatic heterocycles. The van der Waals surface area contributed by atoms with Crippen molar-refractivity contribution < 1.29 is 9.53 Å². The lowest BCUT2D eigenvalue weighted by atomic mass is 9.47. The summed E-state index contributed by atoms with van der Waals surface area (Å²) in [5.41, 5.74) is 2.48. The molecule has 0 heterocycles. The molecule has 0 unspecified atom stereocenters. The molecule has 0 aromatic rings. The first-order chi connectivity index (χ1) is 16.3. The van der Waals surface area contributed by atoms with Crippen LogP contribution in [-0.2, 0) is 9.53 Å². The molecule has 4 aliphatic rings. The topological polar surface area (TPSA) is 26.3 Å². The van der Waals surface area contributed by atoms with E-state index < -0.39 is 5.38 Å². The van der Waals surface area contributed by atoms with Crippen LogP contribution in [0.5, 0.6) is 0 Å². The van der Waals surface area contributed by atoms with Gasteiger partial charge in [0, 0.05) is 6.42 Å². The zero-order valence-corrected chi connectivity index (χ0v) is 23.3. The van der Waals surface area contributed by atoms with Gasteiger partial charge in [0.2, 0.25) is 0 Å². The largest absolute Gasteiger partial charge is 0.461 e. The first-order valence-corrected chi connectivity index (χ1v) is 15.3. The van der Waals surface area contributed by atoms with Gasteiger partial charge in [-0.2, -0.15) is 0 Å². The molecular formula is C31H51ClO2. The average molecular weight is 491 g/mol. The highest BCUT2D eigenvalue weighted by Crippen LogP contribution is 2.66. The fraction of sp³-hybridized carbons (Fsp3) is 0.903. The minimum atomic E-state index is -0.499. The number of halogens is 1. The molecule has 34 heavy (non-hydrogen) atoms. The molecule has 3 saturated carbocycles. The van der Waals surface area contributed by atoms with Crippen molar-refractivity contribution in [2.45, 2.75) is 142 Å². The molecule has 3 heteroatoms. The monoisotopic (exact) mass is 490 g/mol. The number of carbonyl (C=O) groups excluding carboxylic acids is 1. The predicted molar refractivity (Wildman–Crippen MR) is 143 cm³/mol. The number of fused-ring (bicyclic) bond motifs is 5. The average Bonchev–Trinajstić information content (AvgIpc) is 3.17. The summed E-state index contributed by atoms with van der Waals surface area (Å²) in [4.78, 5) is 12.3. The van der Waals surface area contributed by atoms with E-state index >= 15 is 0 Å². The van der Waals surface area contributed by atoms with E-state index in [9.17, 15) is 4.79 Å². The highest BCUT2D eigenvalue weighted by molar-refractivity contribution is 6.29. The van der Waals surface area contributed by atoms with E-state index in [1.807, 2.05) is 6.92 Å². The third-order valence-corrected chi connectivity index (χ3v) is 11.5. The molecule has 4 aliphatic carbocycles. The van der Waals surface area contributed by atoms with E-state index in [1.165, 1.54) is 83.5 Å². The number of esters is 1. The van der Waals surface area contributed by atoms with Crippen LogP contribution in [0.25, 0.3) is 0 Å². The highest BCUT2D eigenvalue weighted by Gasteiger charge is 2.58. The number of allylic oxidation sites excluding steroid dienone is 1. The van der Waals surface area contributed by atoms with Gasteiger partial charge in [-0.15, -0.1) is 11.6 Å². The van der Waals surface area contributed by atoms with Crippen LogP contribution in [-0.4, -0.2) is 17.5 Å². The zero-order chi connectivity index (χ0) is 24.3. The van der Waals surface area contributed by atoms with Crippen molar-refractivity contribution in [2.75, 3.05) is 0 Å². The molecule has 0 spiro atoms. The Labute approximate surface area is 215 Å². The third-order valence-electron chi connectivity index (χ3n) is 11.1. The van der Waals surface area contributed by atoms with Crippen molar-refractivity contribution in [3.63, 3.8) is 0 Å². The molecule has 0 saturated heterocycles. The third kappa shape index (κ3) is 5.14. The van der Waals surface area contributed by atoms with Gasteiger partial charge >= 0.3 is 5.97 Å². The van der Waals surface area contributed by atoms with Crippen molar-refractivity contribution >= 4 is 17.6 Å². The van der Waals surface area contributed by atoms with Crippen molar-refractivity contribution in [2.24, 2.45) is 34.5 Å². The van der Waals surface area contributed by atoms with Crippen LogP contribution in [0.4, 0.5) is 0 Å². The minimum Gasteiger partial charge on any atom is -0.461 e. The molecule has 0 amide bonds. The summed E-state index contributed by atoms with van der Waals surface area (Å²) < 4.78 is 5.83. The van der Waals surface area contributed by atoms with Crippen molar-refractivity contribution in [1.29, 1.82) is 0 Å². The van der Waals surface area contributed by atoms with Crippen LogP contribution in [0.15, 0.2) is 11.6 Å². The fourth-order valence-electron chi connectivity index (χ4n) is 8.89. The highest BCUT2D eigenvalue weighted by atomic mass is 35.5. The molecule has 8 atom stereocenters. The van der Waals surface area contributed by atoms with Crippen LogP contribution in [0.1, 0.15) is 130 Å². The quantitative estimate of drug-likeness (QED) is 0.132. The summed E-state index contributed by atoms with van der Waals surface area (Å²) in [5.74, 6) is 3.35. The molecule has 194 valence electrons. The zero-order valence-electron chi connectivity index (χ0n) is 22.5. The Bertz CT molecular complexity index is 731. The minimum absolute atomic E-state index is 0.0261. The number of alkyl halides is 1. The van der Waals surface area contributed by atoms with Gasteiger partial charge in [0.1, 0.15) is 11.5 Å². The number of hydrogen-bond acceptors (Lipinski definition) is 2. The van der Waals surface area contributed by atoms with Crippen LogP contribution in [0.3, 0.4) is 0 Å². The second kappa shape index (κ2) is 11.3. The van der Waals surface area contributed by atoms with Gasteiger partial charge in [-0.05, 0) is 92.3 Å². The van der Waals surface area contributed by atoms with E-state index in [2.05, 4.69) is 26.8 Å². The normalized spacial score (nSPS) is 40.0. The van der Waals surface area contributed by atoms with E-state index in [1.54, 1.807) is 5.57 Å². The van der Waals surface area contributed by atoms with Gasteiger partial charge in [-0.25, -0.2) is 0 Å². The maximum atomic E-state index is 12.3. The Balaban J connectivity index is 1.37. The Morgan fingerprint density at radius 3 is 2.56 bits per heavy atom. The molecule has 0 aromatic carbocycles. The summed E-state index contributed by atoms with van der Waals surface area (Å²) in [6, 6.07) is 0. The van der Waals surface area contributed by atoms with Crippen molar-refractivity contribution in [3.8, 4) is 0 Å². The summed E-state index contributed by atoms with van der Waals surface area (Å²) in [6.45, 7) is 9.48. The second-order valence-corrected chi connectivity index (χ2v) is 13.3. The lowest BCUT2D eigenvalue weighted by Crippen LogP contribution is -2.50. The molecular weight excluding hydrogens is 440 g/mol. The Hall–Kier alpha value is -0.500. The van der Waals surface area contributed by atoms with E-state index in [-0.39, 0.29) is 12.1 Å². The molecule has 0 radical (unpaired) electrons. The van der Waals surface area contributed by atoms with E-state index in [0.29, 0.717) is 17.3 Å². The first kappa shape index (κ1) is 26.6. The second-order valence-electron chi connectivity index (χ2n) is 12.8. The van der Waals surface area contributed by atoms with Gasteiger partial charge in [-0.3, -0.25) is 4.79 Å². The van der Waals surface area contributed by atoms with Crippen LogP contribution >= 0.6 is 11.6 Å². The van der Waals surface area contributed by atoms with Crippen LogP contribution < -0.4 is 0 Å². The van der Waals surface area contributed by atoms with Gasteiger partial charge in [0.25, 0.3) is 0 Å². The Kier molecular flexibility index (Phi) is 8.80. The van der Waals surface area contributed by atoms with E-state index in [0.717, 1.165) is 36.5 Å². The first-order valence-electron chi connectivity index (χ1n) is 14.9. The molecule has 2 nitrogen and oxygen atoms in total. The Morgan fingerprint density at radius 2 is 1.79 bits per heavy atom. The SMILES string of the molecule is CCCCCCCC[C@H]1CC[C@H]2[C@@H]3CC=C4C[C@@H](OC(=O)[C@@H](Cl)CC)CC[C@]4(C)[C@H]3CC[C@]12C. The molecule has 0 N–H and O–H groups in total. The van der Waals surface area contributed by atoms with Gasteiger partial charge in [0.05, 0.1) is 0 Å². The van der Waals surface area contributed by atoms with Crippen LogP contribution in [0.2, 0.25) is 0 Å².